The van der Waals surface area contributed by atoms with E-state index in [2.05, 4.69) is 29.0 Å². The van der Waals surface area contributed by atoms with Crippen LogP contribution in [0.25, 0.3) is 0 Å². The summed E-state index contributed by atoms with van der Waals surface area (Å²) in [6.07, 6.45) is 6.10. The van der Waals surface area contributed by atoms with Crippen molar-refractivity contribution in [1.29, 1.82) is 0 Å². The standard InChI is InChI=1S/C15H25N3O/c1-4-6-9-17-15(19)14-12-13(8-10-16-14)18(3)11-7-5-2/h8,10,12H,4-7,9,11H2,1-3H3,(H,17,19). The first-order chi connectivity index (χ1) is 9.19. The Morgan fingerprint density at radius 3 is 2.74 bits per heavy atom. The van der Waals surface area contributed by atoms with E-state index >= 15 is 0 Å². The number of hydrogen-bond acceptors (Lipinski definition) is 3. The van der Waals surface area contributed by atoms with Crippen molar-refractivity contribution in [3.63, 3.8) is 0 Å². The Balaban J connectivity index is 2.62. The van der Waals surface area contributed by atoms with Crippen LogP contribution in [0.2, 0.25) is 0 Å². The van der Waals surface area contributed by atoms with E-state index in [1.165, 1.54) is 6.42 Å². The minimum absolute atomic E-state index is 0.0841. The van der Waals surface area contributed by atoms with Crippen molar-refractivity contribution in [3.05, 3.63) is 24.0 Å². The van der Waals surface area contributed by atoms with Crippen molar-refractivity contribution in [2.45, 2.75) is 39.5 Å². The van der Waals surface area contributed by atoms with Gasteiger partial charge in [-0.05, 0) is 25.0 Å². The molecule has 4 heteroatoms. The minimum Gasteiger partial charge on any atom is -0.374 e. The zero-order chi connectivity index (χ0) is 14.1. The van der Waals surface area contributed by atoms with Crippen LogP contribution in [0.5, 0.6) is 0 Å². The monoisotopic (exact) mass is 263 g/mol. The lowest BCUT2D eigenvalue weighted by molar-refractivity contribution is 0.0948. The first-order valence-electron chi connectivity index (χ1n) is 7.14. The normalized spacial score (nSPS) is 10.3. The summed E-state index contributed by atoms with van der Waals surface area (Å²) < 4.78 is 0. The zero-order valence-corrected chi connectivity index (χ0v) is 12.3. The van der Waals surface area contributed by atoms with Crippen molar-refractivity contribution < 1.29 is 4.79 Å². The summed E-state index contributed by atoms with van der Waals surface area (Å²) in [5.74, 6) is -0.0841. The van der Waals surface area contributed by atoms with Crippen molar-refractivity contribution in [3.8, 4) is 0 Å². The molecule has 0 spiro atoms. The number of carbonyl (C=O) groups excluding carboxylic acids is 1. The average Bonchev–Trinajstić information content (AvgIpc) is 2.45. The fourth-order valence-electron chi connectivity index (χ4n) is 1.77. The summed E-state index contributed by atoms with van der Waals surface area (Å²) in [6.45, 7) is 5.99. The number of pyridine rings is 1. The van der Waals surface area contributed by atoms with E-state index in [-0.39, 0.29) is 5.91 Å². The van der Waals surface area contributed by atoms with Gasteiger partial charge in [0.1, 0.15) is 5.69 Å². The molecule has 0 aliphatic heterocycles. The summed E-state index contributed by atoms with van der Waals surface area (Å²) in [4.78, 5) is 18.2. The van der Waals surface area contributed by atoms with Gasteiger partial charge in [-0.3, -0.25) is 9.78 Å². The molecule has 1 N–H and O–H groups in total. The quantitative estimate of drug-likeness (QED) is 0.734. The molecule has 4 nitrogen and oxygen atoms in total. The van der Waals surface area contributed by atoms with Crippen LogP contribution in [0.1, 0.15) is 50.0 Å². The second-order valence-corrected chi connectivity index (χ2v) is 4.78. The number of anilines is 1. The van der Waals surface area contributed by atoms with E-state index in [1.807, 2.05) is 19.2 Å². The number of hydrogen-bond donors (Lipinski definition) is 1. The number of aromatic nitrogens is 1. The lowest BCUT2D eigenvalue weighted by Crippen LogP contribution is -2.26. The second-order valence-electron chi connectivity index (χ2n) is 4.78. The molecule has 0 aliphatic rings. The molecule has 0 radical (unpaired) electrons. The van der Waals surface area contributed by atoms with Crippen molar-refractivity contribution in [2.75, 3.05) is 25.0 Å². The predicted octanol–water partition coefficient (Wildman–Crippen LogP) is 2.85. The molecule has 0 aromatic carbocycles. The molecule has 0 fully saturated rings. The van der Waals surface area contributed by atoms with Crippen LogP contribution in [0.3, 0.4) is 0 Å². The van der Waals surface area contributed by atoms with Gasteiger partial charge in [-0.15, -0.1) is 0 Å². The van der Waals surface area contributed by atoms with Gasteiger partial charge in [-0.2, -0.15) is 0 Å². The van der Waals surface area contributed by atoms with Crippen LogP contribution in [-0.4, -0.2) is 31.0 Å². The molecule has 1 heterocycles. The van der Waals surface area contributed by atoms with E-state index in [4.69, 9.17) is 0 Å². The summed E-state index contributed by atoms with van der Waals surface area (Å²) >= 11 is 0. The molecule has 19 heavy (non-hydrogen) atoms. The third-order valence-corrected chi connectivity index (χ3v) is 3.08. The topological polar surface area (TPSA) is 45.2 Å². The number of carbonyl (C=O) groups is 1. The smallest absolute Gasteiger partial charge is 0.269 e. The third-order valence-electron chi connectivity index (χ3n) is 3.08. The van der Waals surface area contributed by atoms with Gasteiger partial charge in [0.25, 0.3) is 5.91 Å². The molecular weight excluding hydrogens is 238 g/mol. The number of unbranched alkanes of at least 4 members (excludes halogenated alkanes) is 2. The van der Waals surface area contributed by atoms with E-state index in [0.29, 0.717) is 12.2 Å². The minimum atomic E-state index is -0.0841. The first kappa shape index (κ1) is 15.5. The lowest BCUT2D eigenvalue weighted by Gasteiger charge is -2.19. The number of rotatable bonds is 8. The molecule has 0 bridgehead atoms. The van der Waals surface area contributed by atoms with Gasteiger partial charge in [0.05, 0.1) is 0 Å². The van der Waals surface area contributed by atoms with Crippen LogP contribution in [0.4, 0.5) is 5.69 Å². The van der Waals surface area contributed by atoms with Crippen LogP contribution >= 0.6 is 0 Å². The molecule has 1 rings (SSSR count). The van der Waals surface area contributed by atoms with Gasteiger partial charge in [-0.25, -0.2) is 0 Å². The number of amides is 1. The summed E-state index contributed by atoms with van der Waals surface area (Å²) in [5.41, 5.74) is 1.54. The van der Waals surface area contributed by atoms with E-state index in [1.54, 1.807) is 6.20 Å². The highest BCUT2D eigenvalue weighted by Crippen LogP contribution is 2.13. The van der Waals surface area contributed by atoms with Gasteiger partial charge in [0.2, 0.25) is 0 Å². The zero-order valence-electron chi connectivity index (χ0n) is 12.3. The molecule has 0 saturated carbocycles. The molecular formula is C15H25N3O. The second kappa shape index (κ2) is 8.51. The van der Waals surface area contributed by atoms with Gasteiger partial charge < -0.3 is 10.2 Å². The molecule has 0 aliphatic carbocycles. The van der Waals surface area contributed by atoms with E-state index in [9.17, 15) is 4.79 Å². The highest BCUT2D eigenvalue weighted by molar-refractivity contribution is 5.93. The maximum atomic E-state index is 11.9. The first-order valence-corrected chi connectivity index (χ1v) is 7.14. The number of nitrogens with one attached hydrogen (secondary N) is 1. The SMILES string of the molecule is CCCCNC(=O)c1cc(N(C)CCCC)ccn1. The van der Waals surface area contributed by atoms with Crippen molar-refractivity contribution in [2.24, 2.45) is 0 Å². The van der Waals surface area contributed by atoms with Crippen LogP contribution in [0.15, 0.2) is 18.3 Å². The van der Waals surface area contributed by atoms with E-state index in [0.717, 1.165) is 31.5 Å². The van der Waals surface area contributed by atoms with Gasteiger partial charge >= 0.3 is 0 Å². The largest absolute Gasteiger partial charge is 0.374 e. The molecule has 106 valence electrons. The number of nitrogens with zero attached hydrogens (tertiary/aromatic N) is 2. The van der Waals surface area contributed by atoms with Gasteiger partial charge in [0.15, 0.2) is 0 Å². The average molecular weight is 263 g/mol. The van der Waals surface area contributed by atoms with E-state index < -0.39 is 0 Å². The summed E-state index contributed by atoms with van der Waals surface area (Å²) in [7, 11) is 2.05. The van der Waals surface area contributed by atoms with Crippen LogP contribution in [-0.2, 0) is 0 Å². The maximum Gasteiger partial charge on any atom is 0.269 e. The Hall–Kier alpha value is -1.58. The van der Waals surface area contributed by atoms with Crippen LogP contribution in [0, 0.1) is 0 Å². The Kier molecular flexibility index (Phi) is 6.93. The Bertz CT molecular complexity index is 393. The fraction of sp³-hybridized carbons (Fsp3) is 0.600. The van der Waals surface area contributed by atoms with Crippen LogP contribution < -0.4 is 10.2 Å². The van der Waals surface area contributed by atoms with Crippen molar-refractivity contribution >= 4 is 11.6 Å². The fourth-order valence-corrected chi connectivity index (χ4v) is 1.77. The van der Waals surface area contributed by atoms with Gasteiger partial charge in [0, 0.05) is 32.0 Å². The highest BCUT2D eigenvalue weighted by Gasteiger charge is 2.08. The predicted molar refractivity (Wildman–Crippen MR) is 79.7 cm³/mol. The van der Waals surface area contributed by atoms with Gasteiger partial charge in [-0.1, -0.05) is 26.7 Å². The molecule has 0 saturated heterocycles. The lowest BCUT2D eigenvalue weighted by atomic mass is 10.2. The highest BCUT2D eigenvalue weighted by atomic mass is 16.1. The molecule has 1 aromatic heterocycles. The summed E-state index contributed by atoms with van der Waals surface area (Å²) in [5, 5.41) is 2.89. The molecule has 1 aromatic rings. The molecule has 0 atom stereocenters. The third kappa shape index (κ3) is 5.28. The Labute approximate surface area is 116 Å². The molecule has 0 unspecified atom stereocenters. The maximum absolute atomic E-state index is 11.9. The molecule has 1 amide bonds. The summed E-state index contributed by atoms with van der Waals surface area (Å²) in [6, 6.07) is 3.80. The Morgan fingerprint density at radius 2 is 2.05 bits per heavy atom. The Morgan fingerprint density at radius 1 is 1.32 bits per heavy atom. The van der Waals surface area contributed by atoms with Crippen molar-refractivity contribution in [1.82, 2.24) is 10.3 Å².